The van der Waals surface area contributed by atoms with Crippen LogP contribution in [0.15, 0.2) is 30.6 Å². The first-order chi connectivity index (χ1) is 17.3. The minimum Gasteiger partial charge on any atom is -0.389 e. The van der Waals surface area contributed by atoms with E-state index in [1.165, 1.54) is 0 Å². The summed E-state index contributed by atoms with van der Waals surface area (Å²) in [7, 11) is 0. The Morgan fingerprint density at radius 3 is 2.72 bits per heavy atom. The first kappa shape index (κ1) is 24.9. The molecule has 2 N–H and O–H groups in total. The highest BCUT2D eigenvalue weighted by molar-refractivity contribution is 5.88. The van der Waals surface area contributed by atoms with Crippen LogP contribution in [-0.4, -0.2) is 69.6 Å². The maximum atomic E-state index is 14.9. The second-order valence-corrected chi connectivity index (χ2v) is 10.1. The van der Waals surface area contributed by atoms with E-state index < -0.39 is 18.1 Å². The van der Waals surface area contributed by atoms with Gasteiger partial charge in [0.15, 0.2) is 5.82 Å². The molecule has 0 bridgehead atoms. The lowest BCUT2D eigenvalue weighted by atomic mass is 9.89. The van der Waals surface area contributed by atoms with Crippen LogP contribution in [0.25, 0.3) is 22.2 Å². The summed E-state index contributed by atoms with van der Waals surface area (Å²) in [4.78, 5) is 15.4. The number of aliphatic hydroxyl groups excluding tert-OH is 1. The fourth-order valence-electron chi connectivity index (χ4n) is 5.34. The van der Waals surface area contributed by atoms with E-state index in [2.05, 4.69) is 41.0 Å². The molecule has 192 valence electrons. The Kier molecular flexibility index (Phi) is 7.14. The third-order valence-corrected chi connectivity index (χ3v) is 7.34. The van der Waals surface area contributed by atoms with Crippen molar-refractivity contribution in [2.75, 3.05) is 31.6 Å². The quantitative estimate of drug-likeness (QED) is 0.514. The molecular weight excluding hydrogens is 464 g/mol. The standard InChI is InChI=1S/C27H33F2N5O2/c1-15(2)25-19-10-17(4-5-22(19)30-11-20(25)16(3)34-8-6-18(28)13-34)26-21(29)12-31-27(33-26)32-23-7-9-36-14-24(23)35/h4-5,10-12,15-16,18,23-24,35H,6-9,13-14H2,1-3H3,(H,31,32,33)/t16-,18-,23+,24+/m0/s1. The minimum absolute atomic E-state index is 0.0289. The van der Waals surface area contributed by atoms with E-state index in [0.29, 0.717) is 31.6 Å². The van der Waals surface area contributed by atoms with Gasteiger partial charge in [0.1, 0.15) is 11.9 Å². The Labute approximate surface area is 209 Å². The third-order valence-electron chi connectivity index (χ3n) is 7.34. The number of fused-ring (bicyclic) bond motifs is 1. The Balaban J connectivity index is 1.53. The van der Waals surface area contributed by atoms with Crippen molar-refractivity contribution in [1.29, 1.82) is 0 Å². The number of hydrogen-bond donors (Lipinski definition) is 2. The molecule has 0 aliphatic carbocycles. The normalized spacial score (nSPS) is 23.9. The molecule has 9 heteroatoms. The van der Waals surface area contributed by atoms with E-state index in [4.69, 9.17) is 9.72 Å². The molecule has 4 heterocycles. The zero-order valence-electron chi connectivity index (χ0n) is 20.9. The van der Waals surface area contributed by atoms with E-state index in [9.17, 15) is 13.9 Å². The van der Waals surface area contributed by atoms with Crippen LogP contribution in [0.4, 0.5) is 14.7 Å². The van der Waals surface area contributed by atoms with Crippen molar-refractivity contribution in [3.8, 4) is 11.3 Å². The summed E-state index contributed by atoms with van der Waals surface area (Å²) in [6, 6.07) is 5.41. The molecule has 0 unspecified atom stereocenters. The zero-order valence-corrected chi connectivity index (χ0v) is 20.9. The van der Waals surface area contributed by atoms with Crippen molar-refractivity contribution in [2.24, 2.45) is 0 Å². The number of rotatable bonds is 6. The zero-order chi connectivity index (χ0) is 25.4. The summed E-state index contributed by atoms with van der Waals surface area (Å²) in [5.41, 5.74) is 3.83. The molecule has 7 nitrogen and oxygen atoms in total. The summed E-state index contributed by atoms with van der Waals surface area (Å²) < 4.78 is 34.1. The smallest absolute Gasteiger partial charge is 0.223 e. The van der Waals surface area contributed by atoms with Gasteiger partial charge in [-0.1, -0.05) is 19.9 Å². The average molecular weight is 498 g/mol. The van der Waals surface area contributed by atoms with Crippen molar-refractivity contribution in [3.63, 3.8) is 0 Å². The molecule has 2 aliphatic rings. The molecule has 5 rings (SSSR count). The Bertz CT molecular complexity index is 1240. The topological polar surface area (TPSA) is 83.4 Å². The predicted octanol–water partition coefficient (Wildman–Crippen LogP) is 4.62. The largest absolute Gasteiger partial charge is 0.389 e. The Morgan fingerprint density at radius 2 is 2.00 bits per heavy atom. The van der Waals surface area contributed by atoms with Crippen molar-refractivity contribution < 1.29 is 18.6 Å². The van der Waals surface area contributed by atoms with Crippen molar-refractivity contribution in [1.82, 2.24) is 19.9 Å². The Morgan fingerprint density at radius 1 is 1.17 bits per heavy atom. The van der Waals surface area contributed by atoms with Crippen molar-refractivity contribution >= 4 is 16.9 Å². The second kappa shape index (κ2) is 10.3. The highest BCUT2D eigenvalue weighted by atomic mass is 19.1. The van der Waals surface area contributed by atoms with Gasteiger partial charge in [-0.2, -0.15) is 0 Å². The number of nitrogens with one attached hydrogen (secondary N) is 1. The number of aliphatic hydroxyl groups is 1. The molecule has 0 radical (unpaired) electrons. The molecule has 36 heavy (non-hydrogen) atoms. The molecule has 0 amide bonds. The predicted molar refractivity (Wildman–Crippen MR) is 135 cm³/mol. The van der Waals surface area contributed by atoms with Crippen LogP contribution >= 0.6 is 0 Å². The first-order valence-electron chi connectivity index (χ1n) is 12.7. The average Bonchev–Trinajstić information content (AvgIpc) is 3.31. The van der Waals surface area contributed by atoms with Gasteiger partial charge < -0.3 is 15.2 Å². The van der Waals surface area contributed by atoms with Crippen LogP contribution in [-0.2, 0) is 4.74 Å². The highest BCUT2D eigenvalue weighted by Gasteiger charge is 2.29. The Hall–Kier alpha value is -2.75. The number of halogens is 2. The van der Waals surface area contributed by atoms with Gasteiger partial charge in [0.25, 0.3) is 0 Å². The van der Waals surface area contributed by atoms with Crippen LogP contribution in [0.5, 0.6) is 0 Å². The lowest BCUT2D eigenvalue weighted by Gasteiger charge is -2.28. The van der Waals surface area contributed by atoms with Crippen LogP contribution in [0, 0.1) is 5.82 Å². The molecule has 1 aromatic carbocycles. The molecule has 4 atom stereocenters. The first-order valence-corrected chi connectivity index (χ1v) is 12.7. The number of anilines is 1. The van der Waals surface area contributed by atoms with Gasteiger partial charge in [-0.15, -0.1) is 0 Å². The summed E-state index contributed by atoms with van der Waals surface area (Å²) in [5.74, 6) is -0.0756. The molecule has 2 aromatic heterocycles. The molecule has 3 aromatic rings. The molecule has 2 fully saturated rings. The van der Waals surface area contributed by atoms with Crippen molar-refractivity contribution in [2.45, 2.75) is 63.9 Å². The van der Waals surface area contributed by atoms with Gasteiger partial charge in [0, 0.05) is 42.9 Å². The molecule has 0 spiro atoms. The van der Waals surface area contributed by atoms with Gasteiger partial charge >= 0.3 is 0 Å². The van der Waals surface area contributed by atoms with Gasteiger partial charge in [-0.05, 0) is 48.9 Å². The fraction of sp³-hybridized carbons (Fsp3) is 0.519. The van der Waals surface area contributed by atoms with E-state index in [0.717, 1.165) is 34.8 Å². The maximum Gasteiger partial charge on any atom is 0.223 e. The maximum absolute atomic E-state index is 14.9. The van der Waals surface area contributed by atoms with Crippen LogP contribution in [0.3, 0.4) is 0 Å². The van der Waals surface area contributed by atoms with E-state index in [1.807, 2.05) is 24.4 Å². The minimum atomic E-state index is -0.791. The van der Waals surface area contributed by atoms with Gasteiger partial charge in [0.2, 0.25) is 5.95 Å². The lowest BCUT2D eigenvalue weighted by Crippen LogP contribution is -2.42. The van der Waals surface area contributed by atoms with Gasteiger partial charge in [-0.3, -0.25) is 9.88 Å². The third kappa shape index (κ3) is 4.92. The van der Waals surface area contributed by atoms with E-state index in [-0.39, 0.29) is 36.3 Å². The number of ether oxygens (including phenoxy) is 1. The number of nitrogens with zero attached hydrogens (tertiary/aromatic N) is 4. The number of likely N-dealkylation sites (tertiary alicyclic amines) is 1. The van der Waals surface area contributed by atoms with Crippen LogP contribution < -0.4 is 5.32 Å². The number of benzene rings is 1. The number of alkyl halides is 1. The fourth-order valence-corrected chi connectivity index (χ4v) is 5.34. The SMILES string of the molecule is CC(C)c1c([C@H](C)N2CC[C@H](F)C2)cnc2ccc(-c3nc(N[C@@H]4CCOC[C@H]4O)ncc3F)cc12. The second-order valence-electron chi connectivity index (χ2n) is 10.1. The summed E-state index contributed by atoms with van der Waals surface area (Å²) in [5, 5.41) is 14.3. The summed E-state index contributed by atoms with van der Waals surface area (Å²) >= 11 is 0. The highest BCUT2D eigenvalue weighted by Crippen LogP contribution is 2.37. The molecule has 2 saturated heterocycles. The van der Waals surface area contributed by atoms with Gasteiger partial charge in [-0.25, -0.2) is 18.7 Å². The van der Waals surface area contributed by atoms with E-state index in [1.54, 1.807) is 0 Å². The molecule has 2 aliphatic heterocycles. The molecular formula is C27H33F2N5O2. The van der Waals surface area contributed by atoms with Gasteiger partial charge in [0.05, 0.1) is 30.5 Å². The van der Waals surface area contributed by atoms with Crippen LogP contribution in [0.2, 0.25) is 0 Å². The number of pyridine rings is 1. The van der Waals surface area contributed by atoms with Crippen LogP contribution in [0.1, 0.15) is 56.7 Å². The summed E-state index contributed by atoms with van der Waals surface area (Å²) in [6.07, 6.45) is 2.75. The van der Waals surface area contributed by atoms with Crippen molar-refractivity contribution in [3.05, 3.63) is 47.5 Å². The monoisotopic (exact) mass is 497 g/mol. The molecule has 0 saturated carbocycles. The lowest BCUT2D eigenvalue weighted by molar-refractivity contribution is -0.0136. The number of hydrogen-bond acceptors (Lipinski definition) is 7. The van der Waals surface area contributed by atoms with E-state index >= 15 is 0 Å². The summed E-state index contributed by atoms with van der Waals surface area (Å²) in [6.45, 7) is 8.29. The number of aromatic nitrogens is 3.